The van der Waals surface area contributed by atoms with Crippen LogP contribution in [0.15, 0.2) is 12.2 Å². The Hall–Kier alpha value is -1.78. The Morgan fingerprint density at radius 2 is 1.06 bits per heavy atom. The number of aliphatic hydroxyl groups is 1. The predicted molar refractivity (Wildman–Crippen MR) is 194 cm³/mol. The van der Waals surface area contributed by atoms with Crippen LogP contribution in [0.5, 0.6) is 0 Å². The van der Waals surface area contributed by atoms with Crippen molar-refractivity contribution in [3.8, 4) is 0 Å². The molecule has 0 aromatic rings. The maximum atomic E-state index is 12.2. The van der Waals surface area contributed by atoms with Gasteiger partial charge in [-0.15, -0.1) is 0 Å². The molecule has 0 fully saturated rings. The van der Waals surface area contributed by atoms with Gasteiger partial charge in [-0.1, -0.05) is 135 Å². The van der Waals surface area contributed by atoms with Gasteiger partial charge in [-0.3, -0.25) is 18.6 Å². The molecule has 0 aliphatic heterocycles. The molecule has 1 amide bonds. The summed E-state index contributed by atoms with van der Waals surface area (Å²) in [6, 6.07) is -1.54. The Bertz CT molecular complexity index is 900. The molecule has 0 radical (unpaired) electrons. The SMILES string of the molecule is CCCCCCCC/C=C\CCCCCCCCCC(=O)OCC(O)COP(=O)(O)OCC(NC(=O)CCCCCCCCCC)C(=O)O. The average Bonchev–Trinajstić information content (AvgIpc) is 3.07. The zero-order valence-corrected chi connectivity index (χ0v) is 31.6. The number of aliphatic hydroxyl groups excluding tert-OH is 1. The summed E-state index contributed by atoms with van der Waals surface area (Å²) in [4.78, 5) is 45.5. The van der Waals surface area contributed by atoms with Gasteiger partial charge in [0.05, 0.1) is 13.2 Å². The van der Waals surface area contributed by atoms with E-state index in [-0.39, 0.29) is 12.8 Å². The number of ether oxygens (including phenoxy) is 1. The van der Waals surface area contributed by atoms with Crippen molar-refractivity contribution in [2.45, 2.75) is 187 Å². The molecule has 0 saturated carbocycles. The van der Waals surface area contributed by atoms with E-state index in [1.807, 2.05) is 0 Å². The first-order chi connectivity index (χ1) is 23.6. The number of nitrogens with one attached hydrogen (secondary N) is 1. The van der Waals surface area contributed by atoms with Crippen LogP contribution in [0.3, 0.4) is 0 Å². The van der Waals surface area contributed by atoms with Gasteiger partial charge in [-0.2, -0.15) is 0 Å². The number of rotatable bonds is 36. The van der Waals surface area contributed by atoms with Crippen LogP contribution in [-0.2, 0) is 32.7 Å². The van der Waals surface area contributed by atoms with Gasteiger partial charge >= 0.3 is 19.8 Å². The number of hydrogen-bond donors (Lipinski definition) is 4. The van der Waals surface area contributed by atoms with Crippen molar-refractivity contribution >= 4 is 25.7 Å². The fourth-order valence-corrected chi connectivity index (χ4v) is 6.02. The summed E-state index contributed by atoms with van der Waals surface area (Å²) in [5, 5.41) is 21.7. The molecule has 49 heavy (non-hydrogen) atoms. The molecule has 0 aromatic carbocycles. The summed E-state index contributed by atoms with van der Waals surface area (Å²) >= 11 is 0. The average molecular weight is 720 g/mol. The topological polar surface area (TPSA) is 169 Å². The highest BCUT2D eigenvalue weighted by atomic mass is 31.2. The van der Waals surface area contributed by atoms with E-state index >= 15 is 0 Å². The van der Waals surface area contributed by atoms with Crippen molar-refractivity contribution < 1.29 is 47.8 Å². The number of amides is 1. The van der Waals surface area contributed by atoms with Crippen molar-refractivity contribution in [2.75, 3.05) is 19.8 Å². The number of phosphoric acid groups is 1. The lowest BCUT2D eigenvalue weighted by atomic mass is 10.1. The second kappa shape index (κ2) is 33.4. The molecule has 288 valence electrons. The highest BCUT2D eigenvalue weighted by Gasteiger charge is 2.28. The number of carboxylic acids is 1. The predicted octanol–water partition coefficient (Wildman–Crippen LogP) is 8.94. The molecule has 3 unspecified atom stereocenters. The molecular formula is C37H70NO10P. The highest BCUT2D eigenvalue weighted by Crippen LogP contribution is 2.43. The molecule has 0 aliphatic carbocycles. The van der Waals surface area contributed by atoms with Crippen molar-refractivity contribution in [3.05, 3.63) is 12.2 Å². The molecule has 3 atom stereocenters. The fourth-order valence-electron chi connectivity index (χ4n) is 5.25. The lowest BCUT2D eigenvalue weighted by Gasteiger charge is -2.18. The normalized spacial score (nSPS) is 14.0. The third-order valence-electron chi connectivity index (χ3n) is 8.30. The van der Waals surface area contributed by atoms with Gasteiger partial charge in [0.2, 0.25) is 5.91 Å². The Balaban J connectivity index is 3.89. The molecule has 0 aromatic heterocycles. The minimum Gasteiger partial charge on any atom is -0.480 e. The van der Waals surface area contributed by atoms with Crippen molar-refractivity contribution in [3.63, 3.8) is 0 Å². The van der Waals surface area contributed by atoms with E-state index in [1.165, 1.54) is 89.9 Å². The first-order valence-electron chi connectivity index (χ1n) is 19.2. The number of carboxylic acid groups (broad SMARTS) is 1. The van der Waals surface area contributed by atoms with E-state index in [4.69, 9.17) is 13.8 Å². The lowest BCUT2D eigenvalue weighted by molar-refractivity contribution is -0.147. The Morgan fingerprint density at radius 3 is 1.55 bits per heavy atom. The van der Waals surface area contributed by atoms with Gasteiger partial charge in [0.15, 0.2) is 6.04 Å². The number of esters is 1. The van der Waals surface area contributed by atoms with Crippen LogP contribution in [0, 0.1) is 0 Å². The number of aliphatic carboxylic acids is 1. The maximum Gasteiger partial charge on any atom is 0.472 e. The van der Waals surface area contributed by atoms with Gasteiger partial charge in [0, 0.05) is 12.8 Å². The molecule has 12 heteroatoms. The number of allylic oxidation sites excluding steroid dienone is 2. The van der Waals surface area contributed by atoms with Crippen LogP contribution < -0.4 is 5.32 Å². The molecule has 0 aliphatic rings. The second-order valence-corrected chi connectivity index (χ2v) is 14.6. The van der Waals surface area contributed by atoms with Gasteiger partial charge in [0.25, 0.3) is 0 Å². The van der Waals surface area contributed by atoms with Crippen molar-refractivity contribution in [1.82, 2.24) is 5.32 Å². The number of hydrogen-bond acceptors (Lipinski definition) is 8. The zero-order valence-electron chi connectivity index (χ0n) is 30.8. The number of carbonyl (C=O) groups excluding carboxylic acids is 2. The second-order valence-electron chi connectivity index (χ2n) is 13.1. The highest BCUT2D eigenvalue weighted by molar-refractivity contribution is 7.47. The maximum absolute atomic E-state index is 12.2. The molecule has 0 heterocycles. The lowest BCUT2D eigenvalue weighted by Crippen LogP contribution is -2.43. The molecular weight excluding hydrogens is 649 g/mol. The molecule has 11 nitrogen and oxygen atoms in total. The van der Waals surface area contributed by atoms with Crippen LogP contribution in [0.25, 0.3) is 0 Å². The quantitative estimate of drug-likeness (QED) is 0.0212. The van der Waals surface area contributed by atoms with Crippen LogP contribution in [-0.4, -0.2) is 64.9 Å². The molecule has 0 rings (SSSR count). The minimum atomic E-state index is -4.74. The first-order valence-corrected chi connectivity index (χ1v) is 20.7. The van der Waals surface area contributed by atoms with Gasteiger partial charge < -0.3 is 25.2 Å². The number of unbranched alkanes of at least 4 members (excludes halogenated alkanes) is 20. The number of phosphoric ester groups is 1. The van der Waals surface area contributed by atoms with Crippen LogP contribution >= 0.6 is 7.82 Å². The van der Waals surface area contributed by atoms with Crippen molar-refractivity contribution in [2.24, 2.45) is 0 Å². The van der Waals surface area contributed by atoms with E-state index in [9.17, 15) is 34.1 Å². The van der Waals surface area contributed by atoms with E-state index in [1.54, 1.807) is 0 Å². The Labute approximate surface area is 296 Å². The molecule has 0 saturated heterocycles. The van der Waals surface area contributed by atoms with E-state index in [0.717, 1.165) is 44.9 Å². The summed E-state index contributed by atoms with van der Waals surface area (Å²) in [5.74, 6) is -2.38. The van der Waals surface area contributed by atoms with Crippen molar-refractivity contribution in [1.29, 1.82) is 0 Å². The first kappa shape index (κ1) is 47.2. The van der Waals surface area contributed by atoms with Gasteiger partial charge in [-0.05, 0) is 38.5 Å². The summed E-state index contributed by atoms with van der Waals surface area (Å²) in [7, 11) is -4.74. The smallest absolute Gasteiger partial charge is 0.472 e. The third kappa shape index (κ3) is 33.1. The minimum absolute atomic E-state index is 0.147. The van der Waals surface area contributed by atoms with Crippen LogP contribution in [0.1, 0.15) is 174 Å². The van der Waals surface area contributed by atoms with Gasteiger partial charge in [0.1, 0.15) is 12.7 Å². The monoisotopic (exact) mass is 719 g/mol. The van der Waals surface area contributed by atoms with Crippen LogP contribution in [0.4, 0.5) is 0 Å². The Morgan fingerprint density at radius 1 is 0.633 bits per heavy atom. The van der Waals surface area contributed by atoms with Crippen LogP contribution in [0.2, 0.25) is 0 Å². The molecule has 0 bridgehead atoms. The summed E-state index contributed by atoms with van der Waals surface area (Å²) in [6.07, 6.45) is 29.8. The Kier molecular flexibility index (Phi) is 32.2. The molecule has 0 spiro atoms. The largest absolute Gasteiger partial charge is 0.480 e. The zero-order chi connectivity index (χ0) is 36.4. The van der Waals surface area contributed by atoms with E-state index in [0.29, 0.717) is 12.8 Å². The van der Waals surface area contributed by atoms with Gasteiger partial charge in [-0.25, -0.2) is 9.36 Å². The number of carbonyl (C=O) groups is 3. The molecule has 4 N–H and O–H groups in total. The standard InChI is InChI=1S/C37H70NO10P/c1-3-5-7-9-11-13-14-15-16-17-18-19-20-21-23-25-27-29-36(41)46-30-33(39)31-47-49(44,45)48-32-34(37(42)43)38-35(40)28-26-24-22-12-10-8-6-4-2/h15-16,33-34,39H,3-14,17-32H2,1-2H3,(H,38,40)(H,42,43)(H,44,45)/b16-15-. The third-order valence-corrected chi connectivity index (χ3v) is 9.26. The summed E-state index contributed by atoms with van der Waals surface area (Å²) in [5.41, 5.74) is 0. The summed E-state index contributed by atoms with van der Waals surface area (Å²) < 4.78 is 26.7. The van der Waals surface area contributed by atoms with E-state index < -0.39 is 57.6 Å². The summed E-state index contributed by atoms with van der Waals surface area (Å²) in [6.45, 7) is 2.52. The fraction of sp³-hybridized carbons (Fsp3) is 0.865. The van der Waals surface area contributed by atoms with E-state index in [2.05, 4.69) is 31.3 Å².